The van der Waals surface area contributed by atoms with E-state index < -0.39 is 0 Å². The fraction of sp³-hybridized carbons (Fsp3) is 0.200. The lowest BCUT2D eigenvalue weighted by Gasteiger charge is -2.22. The molecule has 0 saturated carbocycles. The van der Waals surface area contributed by atoms with Gasteiger partial charge in [0.1, 0.15) is 18.1 Å². The Morgan fingerprint density at radius 3 is 3.09 bits per heavy atom. The second-order valence-electron chi connectivity index (χ2n) is 5.13. The molecule has 7 heteroatoms. The van der Waals surface area contributed by atoms with Crippen LogP contribution in [0.1, 0.15) is 28.5 Å². The van der Waals surface area contributed by atoms with Crippen LogP contribution >= 0.6 is 27.3 Å². The van der Waals surface area contributed by atoms with E-state index in [9.17, 15) is 4.79 Å². The van der Waals surface area contributed by atoms with Gasteiger partial charge in [0.2, 0.25) is 5.91 Å². The van der Waals surface area contributed by atoms with Crippen LogP contribution in [0.4, 0.5) is 5.82 Å². The second kappa shape index (κ2) is 5.40. The molecule has 0 saturated heterocycles. The van der Waals surface area contributed by atoms with Crippen LogP contribution in [0.3, 0.4) is 0 Å². The molecule has 3 aromatic heterocycles. The van der Waals surface area contributed by atoms with Crippen LogP contribution < -0.4 is 5.32 Å². The lowest BCUT2D eigenvalue weighted by Crippen LogP contribution is -2.24. The van der Waals surface area contributed by atoms with Gasteiger partial charge in [0, 0.05) is 22.8 Å². The number of anilines is 1. The summed E-state index contributed by atoms with van der Waals surface area (Å²) in [5, 5.41) is 7.36. The third-order valence-corrected chi connectivity index (χ3v) is 5.45. The zero-order valence-corrected chi connectivity index (χ0v) is 13.9. The molecule has 4 heterocycles. The molecule has 5 nitrogen and oxygen atoms in total. The predicted molar refractivity (Wildman–Crippen MR) is 87.1 cm³/mol. The first-order chi connectivity index (χ1) is 10.7. The zero-order chi connectivity index (χ0) is 15.1. The van der Waals surface area contributed by atoms with Gasteiger partial charge in [-0.05, 0) is 40.2 Å². The summed E-state index contributed by atoms with van der Waals surface area (Å²) in [7, 11) is 0. The van der Waals surface area contributed by atoms with Crippen molar-refractivity contribution in [1.29, 1.82) is 0 Å². The molecule has 0 spiro atoms. The van der Waals surface area contributed by atoms with Crippen molar-refractivity contribution in [3.8, 4) is 0 Å². The van der Waals surface area contributed by atoms with E-state index in [2.05, 4.69) is 32.4 Å². The first-order valence-corrected chi connectivity index (χ1v) is 8.45. The van der Waals surface area contributed by atoms with Gasteiger partial charge in [0.25, 0.3) is 0 Å². The van der Waals surface area contributed by atoms with Crippen molar-refractivity contribution in [3.63, 3.8) is 0 Å². The Hall–Kier alpha value is -1.86. The van der Waals surface area contributed by atoms with Gasteiger partial charge in [-0.3, -0.25) is 4.79 Å². The van der Waals surface area contributed by atoms with Gasteiger partial charge < -0.3 is 9.73 Å². The number of fused-ring (bicyclic) bond motifs is 1. The van der Waals surface area contributed by atoms with Crippen LogP contribution in [0.5, 0.6) is 0 Å². The smallest absolute Gasteiger partial charge is 0.226 e. The molecule has 1 aliphatic rings. The van der Waals surface area contributed by atoms with Crippen molar-refractivity contribution in [1.82, 2.24) is 9.78 Å². The van der Waals surface area contributed by atoms with Gasteiger partial charge in [-0.25, -0.2) is 4.68 Å². The maximum atomic E-state index is 12.1. The first kappa shape index (κ1) is 13.8. The highest BCUT2D eigenvalue weighted by Crippen LogP contribution is 2.40. The number of halogens is 1. The minimum absolute atomic E-state index is 0.0169. The molecule has 0 aromatic carbocycles. The van der Waals surface area contributed by atoms with Crippen LogP contribution in [0.2, 0.25) is 0 Å². The van der Waals surface area contributed by atoms with Gasteiger partial charge in [-0.2, -0.15) is 5.10 Å². The second-order valence-corrected chi connectivity index (χ2v) is 7.63. The summed E-state index contributed by atoms with van der Waals surface area (Å²) in [6.07, 6.45) is 3.93. The Labute approximate surface area is 139 Å². The largest absolute Gasteiger partial charge is 0.467 e. The summed E-state index contributed by atoms with van der Waals surface area (Å²) in [6.45, 7) is 0.503. The molecule has 1 N–H and O–H groups in total. The van der Waals surface area contributed by atoms with Crippen LogP contribution in [-0.2, 0) is 11.3 Å². The molecule has 3 aromatic rings. The standard InChI is InChI=1S/C15H12BrN3O2S/c16-13-4-3-12(22-13)10-6-14(20)18-15-11(10)7-17-19(15)8-9-2-1-5-21-9/h1-5,7,10H,6,8H2,(H,18,20)/t10-/m1/s1. The molecule has 1 amide bonds. The van der Waals surface area contributed by atoms with Crippen molar-refractivity contribution in [2.24, 2.45) is 0 Å². The average Bonchev–Trinajstić information content (AvgIpc) is 3.21. The number of carbonyl (C=O) groups is 1. The molecule has 22 heavy (non-hydrogen) atoms. The molecule has 112 valence electrons. The average molecular weight is 378 g/mol. The number of hydrogen-bond acceptors (Lipinski definition) is 4. The van der Waals surface area contributed by atoms with E-state index in [1.165, 1.54) is 4.88 Å². The summed E-state index contributed by atoms with van der Waals surface area (Å²) < 4.78 is 8.21. The van der Waals surface area contributed by atoms with Crippen LogP contribution in [0, 0.1) is 0 Å². The van der Waals surface area contributed by atoms with Gasteiger partial charge >= 0.3 is 0 Å². The summed E-state index contributed by atoms with van der Waals surface area (Å²) in [5.41, 5.74) is 1.06. The van der Waals surface area contributed by atoms with E-state index >= 15 is 0 Å². The highest BCUT2D eigenvalue weighted by atomic mass is 79.9. The highest BCUT2D eigenvalue weighted by molar-refractivity contribution is 9.11. The molecular formula is C15H12BrN3O2S. The quantitative estimate of drug-likeness (QED) is 0.754. The minimum atomic E-state index is 0.0169. The number of amides is 1. The number of nitrogens with zero attached hydrogens (tertiary/aromatic N) is 2. The number of rotatable bonds is 3. The zero-order valence-electron chi connectivity index (χ0n) is 11.5. The van der Waals surface area contributed by atoms with E-state index in [4.69, 9.17) is 4.42 Å². The summed E-state index contributed by atoms with van der Waals surface area (Å²) in [5.74, 6) is 1.65. The molecule has 0 aliphatic carbocycles. The Bertz CT molecular complexity index is 822. The third kappa shape index (κ3) is 2.40. The lowest BCUT2D eigenvalue weighted by molar-refractivity contribution is -0.116. The van der Waals surface area contributed by atoms with E-state index in [0.29, 0.717) is 13.0 Å². The molecule has 0 unspecified atom stereocenters. The number of carbonyl (C=O) groups excluding carboxylic acids is 1. The maximum absolute atomic E-state index is 12.1. The number of thiophene rings is 1. The summed E-state index contributed by atoms with van der Waals surface area (Å²) in [6, 6.07) is 7.81. The molecule has 4 rings (SSSR count). The Morgan fingerprint density at radius 2 is 2.36 bits per heavy atom. The van der Waals surface area contributed by atoms with Crippen molar-refractivity contribution < 1.29 is 9.21 Å². The van der Waals surface area contributed by atoms with Gasteiger partial charge in [-0.15, -0.1) is 11.3 Å². The van der Waals surface area contributed by atoms with E-state index in [-0.39, 0.29) is 11.8 Å². The lowest BCUT2D eigenvalue weighted by atomic mass is 9.93. The number of aromatic nitrogens is 2. The van der Waals surface area contributed by atoms with Crippen molar-refractivity contribution in [2.45, 2.75) is 18.9 Å². The van der Waals surface area contributed by atoms with Gasteiger partial charge in [0.05, 0.1) is 16.2 Å². The SMILES string of the molecule is O=C1C[C@@H](c2ccc(Br)s2)c2cnn(Cc3ccco3)c2N1. The summed E-state index contributed by atoms with van der Waals surface area (Å²) >= 11 is 5.14. The molecule has 0 bridgehead atoms. The fourth-order valence-electron chi connectivity index (χ4n) is 2.71. The van der Waals surface area contributed by atoms with E-state index in [0.717, 1.165) is 20.9 Å². The third-order valence-electron chi connectivity index (χ3n) is 3.71. The predicted octanol–water partition coefficient (Wildman–Crippen LogP) is 3.82. The van der Waals surface area contributed by atoms with Crippen LogP contribution in [0.25, 0.3) is 0 Å². The molecular weight excluding hydrogens is 366 g/mol. The normalized spacial score (nSPS) is 17.3. The number of hydrogen-bond donors (Lipinski definition) is 1. The molecule has 0 fully saturated rings. The first-order valence-electron chi connectivity index (χ1n) is 6.84. The molecule has 0 radical (unpaired) electrons. The van der Waals surface area contributed by atoms with Crippen molar-refractivity contribution in [2.75, 3.05) is 5.32 Å². The topological polar surface area (TPSA) is 60.1 Å². The molecule has 1 atom stereocenters. The van der Waals surface area contributed by atoms with Crippen LogP contribution in [0.15, 0.2) is 44.9 Å². The van der Waals surface area contributed by atoms with Crippen LogP contribution in [-0.4, -0.2) is 15.7 Å². The number of nitrogens with one attached hydrogen (secondary N) is 1. The van der Waals surface area contributed by atoms with Crippen molar-refractivity contribution >= 4 is 39.0 Å². The van der Waals surface area contributed by atoms with E-state index in [1.807, 2.05) is 24.4 Å². The van der Waals surface area contributed by atoms with Gasteiger partial charge in [0.15, 0.2) is 0 Å². The fourth-order valence-corrected chi connectivity index (χ4v) is 4.25. The molecule has 1 aliphatic heterocycles. The Kier molecular flexibility index (Phi) is 3.38. The Balaban J connectivity index is 1.72. The summed E-state index contributed by atoms with van der Waals surface area (Å²) in [4.78, 5) is 13.3. The monoisotopic (exact) mass is 377 g/mol. The number of furan rings is 1. The van der Waals surface area contributed by atoms with Gasteiger partial charge in [-0.1, -0.05) is 0 Å². The van der Waals surface area contributed by atoms with E-state index in [1.54, 1.807) is 22.3 Å². The van der Waals surface area contributed by atoms with Crippen molar-refractivity contribution in [3.05, 3.63) is 56.7 Å². The Morgan fingerprint density at radius 1 is 1.45 bits per heavy atom. The maximum Gasteiger partial charge on any atom is 0.226 e. The minimum Gasteiger partial charge on any atom is -0.467 e. The highest BCUT2D eigenvalue weighted by Gasteiger charge is 2.30.